The van der Waals surface area contributed by atoms with Crippen LogP contribution < -0.4 is 5.32 Å². The molecule has 110 valence electrons. The molecule has 1 atom stereocenters. The van der Waals surface area contributed by atoms with Gasteiger partial charge in [-0.25, -0.2) is 4.39 Å². The number of carbonyl (C=O) groups is 1. The first-order valence-electron chi connectivity index (χ1n) is 6.95. The van der Waals surface area contributed by atoms with Gasteiger partial charge in [-0.05, 0) is 44.0 Å². The lowest BCUT2D eigenvalue weighted by Gasteiger charge is -2.25. The zero-order valence-corrected chi connectivity index (χ0v) is 12.4. The molecule has 20 heavy (non-hydrogen) atoms. The van der Waals surface area contributed by atoms with Gasteiger partial charge >= 0.3 is 0 Å². The Morgan fingerprint density at radius 3 is 3.00 bits per heavy atom. The number of halogens is 2. The SMILES string of the molecule is CN(Cc1c(F)cccc1Cl)C(=O)CC1CCCNC1. The van der Waals surface area contributed by atoms with Crippen molar-refractivity contribution in [1.82, 2.24) is 10.2 Å². The van der Waals surface area contributed by atoms with Gasteiger partial charge in [0.2, 0.25) is 5.91 Å². The molecule has 1 aromatic carbocycles. The standard InChI is InChI=1S/C15H20ClFN2O/c1-19(10-12-13(16)5-2-6-14(12)17)15(20)8-11-4-3-7-18-9-11/h2,5-6,11,18H,3-4,7-10H2,1H3. The van der Waals surface area contributed by atoms with Gasteiger partial charge in [0, 0.05) is 30.6 Å². The smallest absolute Gasteiger partial charge is 0.222 e. The van der Waals surface area contributed by atoms with E-state index < -0.39 is 0 Å². The average molecular weight is 299 g/mol. The van der Waals surface area contributed by atoms with Crippen molar-refractivity contribution in [2.75, 3.05) is 20.1 Å². The van der Waals surface area contributed by atoms with E-state index in [9.17, 15) is 9.18 Å². The van der Waals surface area contributed by atoms with Gasteiger partial charge in [-0.2, -0.15) is 0 Å². The molecule has 1 aliphatic rings. The summed E-state index contributed by atoms with van der Waals surface area (Å²) in [5.74, 6) is 0.0595. The second-order valence-electron chi connectivity index (χ2n) is 5.37. The number of hydrogen-bond acceptors (Lipinski definition) is 2. The Kier molecular flexibility index (Phi) is 5.38. The molecule has 0 bridgehead atoms. The van der Waals surface area contributed by atoms with E-state index in [2.05, 4.69) is 5.32 Å². The van der Waals surface area contributed by atoms with E-state index in [0.717, 1.165) is 25.9 Å². The van der Waals surface area contributed by atoms with Crippen LogP contribution in [0.25, 0.3) is 0 Å². The van der Waals surface area contributed by atoms with Crippen molar-refractivity contribution in [3.05, 3.63) is 34.6 Å². The lowest BCUT2D eigenvalue weighted by molar-refractivity contribution is -0.131. The number of carbonyl (C=O) groups excluding carboxylic acids is 1. The van der Waals surface area contributed by atoms with E-state index in [4.69, 9.17) is 11.6 Å². The second kappa shape index (κ2) is 7.04. The van der Waals surface area contributed by atoms with Gasteiger partial charge < -0.3 is 10.2 Å². The van der Waals surface area contributed by atoms with Gasteiger partial charge in [-0.15, -0.1) is 0 Å². The first-order valence-corrected chi connectivity index (χ1v) is 7.33. The largest absolute Gasteiger partial charge is 0.341 e. The van der Waals surface area contributed by atoms with Gasteiger partial charge in [0.25, 0.3) is 0 Å². The van der Waals surface area contributed by atoms with Crippen LogP contribution in [0.3, 0.4) is 0 Å². The molecular formula is C15H20ClFN2O. The van der Waals surface area contributed by atoms with Crippen molar-refractivity contribution in [3.8, 4) is 0 Å². The van der Waals surface area contributed by atoms with Crippen molar-refractivity contribution < 1.29 is 9.18 Å². The van der Waals surface area contributed by atoms with Crippen LogP contribution in [0.1, 0.15) is 24.8 Å². The van der Waals surface area contributed by atoms with Gasteiger partial charge in [0.05, 0.1) is 0 Å². The van der Waals surface area contributed by atoms with Gasteiger partial charge in [-0.3, -0.25) is 4.79 Å². The van der Waals surface area contributed by atoms with Crippen LogP contribution in [-0.4, -0.2) is 30.9 Å². The van der Waals surface area contributed by atoms with Crippen LogP contribution >= 0.6 is 11.6 Å². The number of nitrogens with one attached hydrogen (secondary N) is 1. The monoisotopic (exact) mass is 298 g/mol. The number of benzene rings is 1. The molecule has 0 spiro atoms. The molecule has 0 radical (unpaired) electrons. The number of hydrogen-bond donors (Lipinski definition) is 1. The highest BCUT2D eigenvalue weighted by Gasteiger charge is 2.20. The van der Waals surface area contributed by atoms with Crippen LogP contribution in [0, 0.1) is 11.7 Å². The number of rotatable bonds is 4. The summed E-state index contributed by atoms with van der Waals surface area (Å²) in [6, 6.07) is 4.57. The lowest BCUT2D eigenvalue weighted by Crippen LogP contribution is -2.35. The molecule has 0 aliphatic carbocycles. The van der Waals surface area contributed by atoms with Crippen molar-refractivity contribution in [2.45, 2.75) is 25.8 Å². The highest BCUT2D eigenvalue weighted by atomic mass is 35.5. The van der Waals surface area contributed by atoms with E-state index in [-0.39, 0.29) is 18.3 Å². The molecule has 0 aromatic heterocycles. The van der Waals surface area contributed by atoms with Gasteiger partial charge in [0.1, 0.15) is 5.82 Å². The molecule has 1 saturated heterocycles. The average Bonchev–Trinajstić information content (AvgIpc) is 2.44. The molecule has 3 nitrogen and oxygen atoms in total. The molecular weight excluding hydrogens is 279 g/mol. The van der Waals surface area contributed by atoms with E-state index in [0.29, 0.717) is 22.9 Å². The molecule has 1 aromatic rings. The highest BCUT2D eigenvalue weighted by Crippen LogP contribution is 2.21. The number of nitrogens with zero attached hydrogens (tertiary/aromatic N) is 1. The maximum Gasteiger partial charge on any atom is 0.222 e. The summed E-state index contributed by atoms with van der Waals surface area (Å²) in [5.41, 5.74) is 0.381. The summed E-state index contributed by atoms with van der Waals surface area (Å²) in [7, 11) is 1.70. The Morgan fingerprint density at radius 1 is 1.55 bits per heavy atom. The van der Waals surface area contributed by atoms with Crippen molar-refractivity contribution in [1.29, 1.82) is 0 Å². The fourth-order valence-electron chi connectivity index (χ4n) is 2.51. The normalized spacial score (nSPS) is 18.9. The molecule has 1 aliphatic heterocycles. The van der Waals surface area contributed by atoms with Crippen molar-refractivity contribution in [2.24, 2.45) is 5.92 Å². The molecule has 2 rings (SSSR count). The second-order valence-corrected chi connectivity index (χ2v) is 5.77. The van der Waals surface area contributed by atoms with Crippen LogP contribution in [0.15, 0.2) is 18.2 Å². The molecule has 1 amide bonds. The summed E-state index contributed by atoms with van der Waals surface area (Å²) in [6.45, 7) is 2.13. The summed E-state index contributed by atoms with van der Waals surface area (Å²) in [5, 5.41) is 3.66. The lowest BCUT2D eigenvalue weighted by atomic mass is 9.95. The summed E-state index contributed by atoms with van der Waals surface area (Å²) in [6.07, 6.45) is 2.70. The fourth-order valence-corrected chi connectivity index (χ4v) is 2.73. The van der Waals surface area contributed by atoms with Crippen molar-refractivity contribution in [3.63, 3.8) is 0 Å². The number of piperidine rings is 1. The minimum atomic E-state index is -0.364. The van der Waals surface area contributed by atoms with E-state index in [1.54, 1.807) is 24.1 Å². The van der Waals surface area contributed by atoms with E-state index in [1.165, 1.54) is 6.07 Å². The predicted octanol–water partition coefficient (Wildman–Crippen LogP) is 2.83. The topological polar surface area (TPSA) is 32.3 Å². The van der Waals surface area contributed by atoms with Crippen LogP contribution in [-0.2, 0) is 11.3 Å². The van der Waals surface area contributed by atoms with Crippen LogP contribution in [0.4, 0.5) is 4.39 Å². The quantitative estimate of drug-likeness (QED) is 0.927. The third-order valence-electron chi connectivity index (χ3n) is 3.74. The Hall–Kier alpha value is -1.13. The van der Waals surface area contributed by atoms with Gasteiger partial charge in [-0.1, -0.05) is 17.7 Å². The highest BCUT2D eigenvalue weighted by molar-refractivity contribution is 6.31. The third kappa shape index (κ3) is 3.93. The Labute approximate surface area is 124 Å². The Morgan fingerprint density at radius 2 is 2.35 bits per heavy atom. The summed E-state index contributed by atoms with van der Waals surface area (Å²) < 4.78 is 13.7. The molecule has 5 heteroatoms. The fraction of sp³-hybridized carbons (Fsp3) is 0.533. The molecule has 0 saturated carbocycles. The van der Waals surface area contributed by atoms with E-state index >= 15 is 0 Å². The predicted molar refractivity (Wildman–Crippen MR) is 78.1 cm³/mol. The maximum atomic E-state index is 13.7. The summed E-state index contributed by atoms with van der Waals surface area (Å²) >= 11 is 5.98. The van der Waals surface area contributed by atoms with Crippen molar-refractivity contribution >= 4 is 17.5 Å². The van der Waals surface area contributed by atoms with Crippen LogP contribution in [0.2, 0.25) is 5.02 Å². The van der Waals surface area contributed by atoms with E-state index in [1.807, 2.05) is 0 Å². The third-order valence-corrected chi connectivity index (χ3v) is 4.10. The molecule has 1 N–H and O–H groups in total. The minimum absolute atomic E-state index is 0.0398. The minimum Gasteiger partial charge on any atom is -0.341 e. The maximum absolute atomic E-state index is 13.7. The Bertz CT molecular complexity index is 455. The molecule has 1 unspecified atom stereocenters. The first-order chi connectivity index (χ1) is 9.58. The zero-order valence-electron chi connectivity index (χ0n) is 11.7. The van der Waals surface area contributed by atoms with Crippen LogP contribution in [0.5, 0.6) is 0 Å². The van der Waals surface area contributed by atoms with Gasteiger partial charge in [0.15, 0.2) is 0 Å². The zero-order chi connectivity index (χ0) is 14.5. The number of amides is 1. The molecule has 1 fully saturated rings. The Balaban J connectivity index is 1.93. The first kappa shape index (κ1) is 15.3. The summed E-state index contributed by atoms with van der Waals surface area (Å²) in [4.78, 5) is 13.7. The molecule has 1 heterocycles.